The molecule has 11 heavy (non-hydrogen) atoms. The van der Waals surface area contributed by atoms with Crippen molar-refractivity contribution >= 4 is 12.1 Å². The van der Waals surface area contributed by atoms with E-state index in [2.05, 4.69) is 0 Å². The molecular formula is C8H12O3. The molecule has 0 radical (unpaired) electrons. The quantitative estimate of drug-likeness (QED) is 0.370. The molecule has 0 amide bonds. The average molecular weight is 156 g/mol. The van der Waals surface area contributed by atoms with Gasteiger partial charge in [0.15, 0.2) is 5.78 Å². The average Bonchev–Trinajstić information content (AvgIpc) is 1.87. The van der Waals surface area contributed by atoms with Gasteiger partial charge in [0, 0.05) is 18.9 Å². The smallest absolute Gasteiger partial charge is 0.159 e. The van der Waals surface area contributed by atoms with E-state index in [4.69, 9.17) is 5.11 Å². The summed E-state index contributed by atoms with van der Waals surface area (Å²) in [6.45, 7) is 1.82. The molecule has 0 saturated carbocycles. The van der Waals surface area contributed by atoms with Gasteiger partial charge in [0.05, 0.1) is 6.26 Å². The van der Waals surface area contributed by atoms with E-state index in [1.165, 1.54) is 0 Å². The molecule has 1 unspecified atom stereocenters. The standard InChI is InChI=1S/C8H12O3/c1-7(2-4-9)6-8(11)3-5-10/h3-5,7,10H,2,6H2,1H3/b5-3+. The molecule has 1 N–H and O–H groups in total. The third kappa shape index (κ3) is 5.33. The van der Waals surface area contributed by atoms with E-state index in [9.17, 15) is 9.59 Å². The molecule has 3 nitrogen and oxygen atoms in total. The molecule has 0 saturated heterocycles. The fourth-order valence-electron chi connectivity index (χ4n) is 0.742. The highest BCUT2D eigenvalue weighted by Crippen LogP contribution is 2.05. The van der Waals surface area contributed by atoms with Crippen LogP contribution < -0.4 is 0 Å². The summed E-state index contributed by atoms with van der Waals surface area (Å²) < 4.78 is 0. The van der Waals surface area contributed by atoms with Gasteiger partial charge in [-0.2, -0.15) is 0 Å². The number of aliphatic hydroxyl groups is 1. The number of rotatable bonds is 5. The summed E-state index contributed by atoms with van der Waals surface area (Å²) in [6.07, 6.45) is 3.32. The fourth-order valence-corrected chi connectivity index (χ4v) is 0.742. The van der Waals surface area contributed by atoms with Crippen LogP contribution in [0.25, 0.3) is 0 Å². The lowest BCUT2D eigenvalue weighted by molar-refractivity contribution is -0.115. The van der Waals surface area contributed by atoms with E-state index in [0.717, 1.165) is 18.6 Å². The van der Waals surface area contributed by atoms with Crippen molar-refractivity contribution < 1.29 is 14.7 Å². The van der Waals surface area contributed by atoms with Crippen LogP contribution in [0.4, 0.5) is 0 Å². The van der Waals surface area contributed by atoms with E-state index in [0.29, 0.717) is 12.8 Å². The van der Waals surface area contributed by atoms with Gasteiger partial charge in [-0.25, -0.2) is 0 Å². The Morgan fingerprint density at radius 3 is 2.73 bits per heavy atom. The van der Waals surface area contributed by atoms with Gasteiger partial charge < -0.3 is 9.90 Å². The fraction of sp³-hybridized carbons (Fsp3) is 0.500. The Kier molecular flexibility index (Phi) is 5.07. The van der Waals surface area contributed by atoms with Crippen molar-refractivity contribution in [3.05, 3.63) is 12.3 Å². The molecule has 0 heterocycles. The van der Waals surface area contributed by atoms with Crippen molar-refractivity contribution in [2.24, 2.45) is 5.92 Å². The van der Waals surface area contributed by atoms with Crippen molar-refractivity contribution in [2.45, 2.75) is 19.8 Å². The highest BCUT2D eigenvalue weighted by atomic mass is 16.2. The number of allylic oxidation sites excluding steroid dienone is 1. The zero-order valence-electron chi connectivity index (χ0n) is 6.49. The van der Waals surface area contributed by atoms with Crippen molar-refractivity contribution in [3.8, 4) is 0 Å². The van der Waals surface area contributed by atoms with Gasteiger partial charge >= 0.3 is 0 Å². The highest BCUT2D eigenvalue weighted by molar-refractivity contribution is 5.89. The van der Waals surface area contributed by atoms with E-state index in [1.807, 2.05) is 6.92 Å². The van der Waals surface area contributed by atoms with Crippen LogP contribution >= 0.6 is 0 Å². The molecule has 0 aliphatic carbocycles. The van der Waals surface area contributed by atoms with Crippen LogP contribution in [-0.4, -0.2) is 17.2 Å². The third-order valence-corrected chi connectivity index (χ3v) is 1.31. The van der Waals surface area contributed by atoms with Crippen LogP contribution in [0.1, 0.15) is 19.8 Å². The molecule has 1 atom stereocenters. The first kappa shape index (κ1) is 9.88. The Balaban J connectivity index is 3.65. The summed E-state index contributed by atoms with van der Waals surface area (Å²) in [6, 6.07) is 0. The molecule has 0 bridgehead atoms. The Morgan fingerprint density at radius 1 is 1.64 bits per heavy atom. The Bertz CT molecular complexity index is 161. The predicted octanol–water partition coefficient (Wildman–Crippen LogP) is 1.24. The predicted molar refractivity (Wildman–Crippen MR) is 41.2 cm³/mol. The third-order valence-electron chi connectivity index (χ3n) is 1.31. The first-order chi connectivity index (χ1) is 5.20. The Hall–Kier alpha value is -1.12. The Morgan fingerprint density at radius 2 is 2.27 bits per heavy atom. The number of aldehydes is 1. The molecule has 0 aromatic rings. The molecule has 0 rings (SSSR count). The van der Waals surface area contributed by atoms with E-state index < -0.39 is 0 Å². The van der Waals surface area contributed by atoms with Gasteiger partial charge in [-0.1, -0.05) is 6.92 Å². The van der Waals surface area contributed by atoms with Gasteiger partial charge in [-0.3, -0.25) is 4.79 Å². The number of carbonyl (C=O) groups is 2. The number of aliphatic hydroxyl groups excluding tert-OH is 1. The van der Waals surface area contributed by atoms with Crippen LogP contribution in [0.15, 0.2) is 12.3 Å². The zero-order valence-corrected chi connectivity index (χ0v) is 6.49. The molecule has 0 aliphatic heterocycles. The molecule has 0 fully saturated rings. The molecule has 0 aromatic heterocycles. The second-order valence-electron chi connectivity index (χ2n) is 2.49. The topological polar surface area (TPSA) is 54.4 Å². The molecule has 0 aromatic carbocycles. The molecule has 0 aliphatic rings. The maximum absolute atomic E-state index is 10.8. The number of hydrogen-bond acceptors (Lipinski definition) is 3. The van der Waals surface area contributed by atoms with Gasteiger partial charge in [-0.15, -0.1) is 0 Å². The first-order valence-electron chi connectivity index (χ1n) is 3.48. The van der Waals surface area contributed by atoms with Crippen molar-refractivity contribution in [1.82, 2.24) is 0 Å². The van der Waals surface area contributed by atoms with Crippen LogP contribution in [0.3, 0.4) is 0 Å². The van der Waals surface area contributed by atoms with E-state index in [-0.39, 0.29) is 11.7 Å². The minimum absolute atomic E-state index is 0.0659. The van der Waals surface area contributed by atoms with Crippen LogP contribution in [0.5, 0.6) is 0 Å². The minimum Gasteiger partial charge on any atom is -0.515 e. The molecular weight excluding hydrogens is 144 g/mol. The van der Waals surface area contributed by atoms with E-state index >= 15 is 0 Å². The number of hydrogen-bond donors (Lipinski definition) is 1. The van der Waals surface area contributed by atoms with Gasteiger partial charge in [0.25, 0.3) is 0 Å². The summed E-state index contributed by atoms with van der Waals surface area (Å²) in [5.41, 5.74) is 0. The summed E-state index contributed by atoms with van der Waals surface area (Å²) in [5, 5.41) is 8.21. The lowest BCUT2D eigenvalue weighted by atomic mass is 10.0. The lowest BCUT2D eigenvalue weighted by Crippen LogP contribution is -2.03. The summed E-state index contributed by atoms with van der Waals surface area (Å²) >= 11 is 0. The summed E-state index contributed by atoms with van der Waals surface area (Å²) in [5.74, 6) is -0.0851. The molecule has 0 spiro atoms. The van der Waals surface area contributed by atoms with Crippen molar-refractivity contribution in [2.75, 3.05) is 0 Å². The SMILES string of the molecule is CC(CC=O)CC(=O)/C=C/O. The first-order valence-corrected chi connectivity index (χ1v) is 3.48. The second kappa shape index (κ2) is 5.65. The zero-order chi connectivity index (χ0) is 8.69. The van der Waals surface area contributed by atoms with Crippen LogP contribution in [0.2, 0.25) is 0 Å². The lowest BCUT2D eigenvalue weighted by Gasteiger charge is -2.01. The minimum atomic E-state index is -0.151. The van der Waals surface area contributed by atoms with Gasteiger partial charge in [0.1, 0.15) is 6.29 Å². The number of ketones is 1. The maximum atomic E-state index is 10.8. The van der Waals surface area contributed by atoms with Crippen molar-refractivity contribution in [1.29, 1.82) is 0 Å². The Labute approximate surface area is 65.7 Å². The van der Waals surface area contributed by atoms with Gasteiger partial charge in [0.2, 0.25) is 0 Å². The monoisotopic (exact) mass is 156 g/mol. The van der Waals surface area contributed by atoms with E-state index in [1.54, 1.807) is 0 Å². The maximum Gasteiger partial charge on any atom is 0.159 e. The molecule has 3 heteroatoms. The largest absolute Gasteiger partial charge is 0.515 e. The van der Waals surface area contributed by atoms with Gasteiger partial charge in [-0.05, 0) is 5.92 Å². The van der Waals surface area contributed by atoms with Crippen LogP contribution in [0, 0.1) is 5.92 Å². The highest BCUT2D eigenvalue weighted by Gasteiger charge is 2.05. The number of carbonyl (C=O) groups excluding carboxylic acids is 2. The normalized spacial score (nSPS) is 13.2. The summed E-state index contributed by atoms with van der Waals surface area (Å²) in [7, 11) is 0. The second-order valence-corrected chi connectivity index (χ2v) is 2.49. The van der Waals surface area contributed by atoms with Crippen LogP contribution in [-0.2, 0) is 9.59 Å². The van der Waals surface area contributed by atoms with Crippen molar-refractivity contribution in [3.63, 3.8) is 0 Å². The molecule has 62 valence electrons. The summed E-state index contributed by atoms with van der Waals surface area (Å²) in [4.78, 5) is 20.7.